The molecule has 0 aliphatic carbocycles. The van der Waals surface area contributed by atoms with Gasteiger partial charge in [-0.1, -0.05) is 18.2 Å². The maximum Gasteiger partial charge on any atom is 0.356 e. The summed E-state index contributed by atoms with van der Waals surface area (Å²) in [7, 11) is 0. The molecule has 0 bridgehead atoms. The topological polar surface area (TPSA) is 88.9 Å². The number of nitrogens with zero attached hydrogens (tertiary/aromatic N) is 4. The van der Waals surface area contributed by atoms with E-state index in [0.717, 1.165) is 10.9 Å². The zero-order chi connectivity index (χ0) is 13.9. The molecule has 0 amide bonds. The molecule has 20 heavy (non-hydrogen) atoms. The number of aromatic carboxylic acids is 1. The number of carboxylic acid groups (broad SMARTS) is 1. The SMILES string of the molecule is O=C(O)c1cncc(Sc2ncnc3ccccc23)n1. The normalized spacial score (nSPS) is 10.6. The summed E-state index contributed by atoms with van der Waals surface area (Å²) in [5, 5.41) is 11.0. The lowest BCUT2D eigenvalue weighted by Crippen LogP contribution is -2.01. The number of hydrogen-bond acceptors (Lipinski definition) is 6. The second-order valence-electron chi connectivity index (χ2n) is 3.85. The first-order valence-electron chi connectivity index (χ1n) is 5.67. The van der Waals surface area contributed by atoms with Gasteiger partial charge in [-0.15, -0.1) is 0 Å². The van der Waals surface area contributed by atoms with Gasteiger partial charge in [0.15, 0.2) is 5.69 Å². The predicted molar refractivity (Wildman–Crippen MR) is 72.7 cm³/mol. The summed E-state index contributed by atoms with van der Waals surface area (Å²) in [5.74, 6) is -1.10. The molecule has 0 spiro atoms. The Morgan fingerprint density at radius 2 is 2.00 bits per heavy atom. The van der Waals surface area contributed by atoms with Crippen molar-refractivity contribution >= 4 is 28.6 Å². The summed E-state index contributed by atoms with van der Waals surface area (Å²) >= 11 is 1.26. The first-order chi connectivity index (χ1) is 9.74. The summed E-state index contributed by atoms with van der Waals surface area (Å²) in [5.41, 5.74) is 0.737. The molecular formula is C13H8N4O2S. The monoisotopic (exact) mass is 284 g/mol. The van der Waals surface area contributed by atoms with E-state index in [1.165, 1.54) is 30.5 Å². The van der Waals surface area contributed by atoms with Crippen LogP contribution in [0.3, 0.4) is 0 Å². The van der Waals surface area contributed by atoms with E-state index in [1.54, 1.807) is 0 Å². The van der Waals surface area contributed by atoms with Crippen LogP contribution in [0.5, 0.6) is 0 Å². The van der Waals surface area contributed by atoms with E-state index in [-0.39, 0.29) is 5.69 Å². The average molecular weight is 284 g/mol. The Hall–Kier alpha value is -2.54. The van der Waals surface area contributed by atoms with Crippen molar-refractivity contribution in [1.82, 2.24) is 19.9 Å². The van der Waals surface area contributed by atoms with E-state index in [4.69, 9.17) is 5.11 Å². The molecule has 2 heterocycles. The van der Waals surface area contributed by atoms with E-state index in [2.05, 4.69) is 19.9 Å². The first kappa shape index (κ1) is 12.5. The van der Waals surface area contributed by atoms with E-state index in [1.807, 2.05) is 24.3 Å². The van der Waals surface area contributed by atoms with Crippen molar-refractivity contribution in [2.45, 2.75) is 10.1 Å². The van der Waals surface area contributed by atoms with Crippen molar-refractivity contribution in [3.8, 4) is 0 Å². The van der Waals surface area contributed by atoms with Crippen LogP contribution in [0.2, 0.25) is 0 Å². The number of para-hydroxylation sites is 1. The Labute approximate surface area is 117 Å². The standard InChI is InChI=1S/C13H8N4O2S/c18-13(19)10-5-14-6-11(17-10)20-12-8-3-1-2-4-9(8)15-7-16-12/h1-7H,(H,18,19). The Morgan fingerprint density at radius 1 is 1.15 bits per heavy atom. The Balaban J connectivity index is 2.01. The van der Waals surface area contributed by atoms with Gasteiger partial charge >= 0.3 is 5.97 Å². The van der Waals surface area contributed by atoms with Gasteiger partial charge in [0.05, 0.1) is 17.9 Å². The van der Waals surface area contributed by atoms with Gasteiger partial charge in [-0.3, -0.25) is 4.98 Å². The van der Waals surface area contributed by atoms with Crippen molar-refractivity contribution in [2.24, 2.45) is 0 Å². The third kappa shape index (κ3) is 2.43. The highest BCUT2D eigenvalue weighted by molar-refractivity contribution is 7.99. The molecule has 3 rings (SSSR count). The van der Waals surface area contributed by atoms with Crippen LogP contribution in [0.15, 0.2) is 53.0 Å². The molecule has 0 aliphatic rings. The first-order valence-corrected chi connectivity index (χ1v) is 6.48. The minimum Gasteiger partial charge on any atom is -0.476 e. The fourth-order valence-electron chi connectivity index (χ4n) is 1.66. The quantitative estimate of drug-likeness (QED) is 0.738. The van der Waals surface area contributed by atoms with Gasteiger partial charge in [-0.2, -0.15) is 0 Å². The zero-order valence-electron chi connectivity index (χ0n) is 10.1. The van der Waals surface area contributed by atoms with Gasteiger partial charge in [0.25, 0.3) is 0 Å². The van der Waals surface area contributed by atoms with Crippen LogP contribution >= 0.6 is 11.8 Å². The Kier molecular flexibility index (Phi) is 3.26. The van der Waals surface area contributed by atoms with Gasteiger partial charge in [0, 0.05) is 5.39 Å². The lowest BCUT2D eigenvalue weighted by Gasteiger charge is -2.04. The van der Waals surface area contributed by atoms with Gasteiger partial charge < -0.3 is 5.11 Å². The minimum absolute atomic E-state index is 0.0895. The van der Waals surface area contributed by atoms with Crippen LogP contribution < -0.4 is 0 Å². The molecule has 0 atom stereocenters. The van der Waals surface area contributed by atoms with Crippen LogP contribution in [-0.2, 0) is 0 Å². The van der Waals surface area contributed by atoms with Gasteiger partial charge in [-0.05, 0) is 17.8 Å². The fraction of sp³-hybridized carbons (Fsp3) is 0. The molecule has 6 nitrogen and oxygen atoms in total. The van der Waals surface area contributed by atoms with Crippen LogP contribution in [0.1, 0.15) is 10.5 Å². The lowest BCUT2D eigenvalue weighted by molar-refractivity contribution is 0.0689. The smallest absolute Gasteiger partial charge is 0.356 e. The third-order valence-corrected chi connectivity index (χ3v) is 3.46. The summed E-state index contributed by atoms with van der Waals surface area (Å²) in [6, 6.07) is 7.59. The molecule has 0 radical (unpaired) electrons. The van der Waals surface area contributed by atoms with Gasteiger partial charge in [-0.25, -0.2) is 19.7 Å². The van der Waals surface area contributed by atoms with E-state index >= 15 is 0 Å². The maximum atomic E-state index is 10.9. The molecule has 2 aromatic heterocycles. The van der Waals surface area contributed by atoms with Crippen molar-refractivity contribution in [2.75, 3.05) is 0 Å². The third-order valence-electron chi connectivity index (χ3n) is 2.54. The van der Waals surface area contributed by atoms with Crippen LogP contribution in [0.4, 0.5) is 0 Å². The van der Waals surface area contributed by atoms with Crippen LogP contribution in [0, 0.1) is 0 Å². The number of benzene rings is 1. The number of carboxylic acids is 1. The van der Waals surface area contributed by atoms with E-state index in [0.29, 0.717) is 10.1 Å². The number of carbonyl (C=O) groups is 1. The Morgan fingerprint density at radius 3 is 2.85 bits per heavy atom. The van der Waals surface area contributed by atoms with Crippen LogP contribution in [-0.4, -0.2) is 31.0 Å². The molecule has 3 aromatic rings. The summed E-state index contributed by atoms with van der Waals surface area (Å²) in [6.07, 6.45) is 4.19. The van der Waals surface area contributed by atoms with Gasteiger partial charge in [0.1, 0.15) is 16.4 Å². The van der Waals surface area contributed by atoms with Crippen molar-refractivity contribution in [1.29, 1.82) is 0 Å². The number of hydrogen-bond donors (Lipinski definition) is 1. The summed E-state index contributed by atoms with van der Waals surface area (Å²) < 4.78 is 0. The van der Waals surface area contributed by atoms with Crippen molar-refractivity contribution in [3.05, 3.63) is 48.7 Å². The van der Waals surface area contributed by atoms with E-state index in [9.17, 15) is 4.79 Å². The molecular weight excluding hydrogens is 276 g/mol. The molecule has 1 N–H and O–H groups in total. The summed E-state index contributed by atoms with van der Waals surface area (Å²) in [6.45, 7) is 0. The highest BCUT2D eigenvalue weighted by Gasteiger charge is 2.10. The maximum absolute atomic E-state index is 10.9. The van der Waals surface area contributed by atoms with E-state index < -0.39 is 5.97 Å². The van der Waals surface area contributed by atoms with Crippen molar-refractivity contribution in [3.63, 3.8) is 0 Å². The minimum atomic E-state index is -1.10. The zero-order valence-corrected chi connectivity index (χ0v) is 10.9. The highest BCUT2D eigenvalue weighted by Crippen LogP contribution is 2.29. The molecule has 0 fully saturated rings. The second-order valence-corrected chi connectivity index (χ2v) is 4.85. The predicted octanol–water partition coefficient (Wildman–Crippen LogP) is 2.27. The van der Waals surface area contributed by atoms with Crippen LogP contribution in [0.25, 0.3) is 10.9 Å². The molecule has 1 aromatic carbocycles. The lowest BCUT2D eigenvalue weighted by atomic mass is 10.2. The number of fused-ring (bicyclic) bond motifs is 1. The molecule has 0 saturated carbocycles. The fourth-order valence-corrected chi connectivity index (χ4v) is 2.50. The Bertz CT molecular complexity index is 789. The molecule has 0 unspecified atom stereocenters. The van der Waals surface area contributed by atoms with Crippen molar-refractivity contribution < 1.29 is 9.90 Å². The molecule has 0 aliphatic heterocycles. The van der Waals surface area contributed by atoms with Gasteiger partial charge in [0.2, 0.25) is 0 Å². The number of rotatable bonds is 3. The molecule has 0 saturated heterocycles. The number of aromatic nitrogens is 4. The molecule has 7 heteroatoms. The average Bonchev–Trinajstić information content (AvgIpc) is 2.48. The molecule has 98 valence electrons. The second kappa shape index (κ2) is 5.22. The largest absolute Gasteiger partial charge is 0.476 e. The summed E-state index contributed by atoms with van der Waals surface area (Å²) in [4.78, 5) is 27.2. The highest BCUT2D eigenvalue weighted by atomic mass is 32.2.